The molecule has 0 amide bonds. The summed E-state index contributed by atoms with van der Waals surface area (Å²) in [5.41, 5.74) is 0. The fraction of sp³-hybridized carbons (Fsp3) is 0. The minimum absolute atomic E-state index is 1.11. The van der Waals surface area contributed by atoms with Gasteiger partial charge in [-0.05, 0) is 97.1 Å². The van der Waals surface area contributed by atoms with Gasteiger partial charge in [-0.1, -0.05) is 77.0 Å². The first-order chi connectivity index (χ1) is 14.6. The van der Waals surface area contributed by atoms with E-state index in [1.807, 2.05) is 0 Å². The summed E-state index contributed by atoms with van der Waals surface area (Å²) in [6.07, 6.45) is 0. The molecule has 0 spiro atoms. The lowest BCUT2D eigenvalue weighted by Gasteiger charge is -2.06. The fourth-order valence-corrected chi connectivity index (χ4v) is 6.59. The molecule has 4 rings (SSSR count). The average Bonchev–Trinajstić information content (AvgIpc) is 2.77. The van der Waals surface area contributed by atoms with Crippen LogP contribution in [-0.2, 0) is 0 Å². The van der Waals surface area contributed by atoms with Gasteiger partial charge in [0.05, 0.1) is 0 Å². The van der Waals surface area contributed by atoms with Gasteiger partial charge in [-0.25, -0.2) is 0 Å². The van der Waals surface area contributed by atoms with Gasteiger partial charge < -0.3 is 0 Å². The summed E-state index contributed by atoms with van der Waals surface area (Å²) in [6, 6.07) is 34.3. The highest BCUT2D eigenvalue weighted by atomic mass is 79.9. The van der Waals surface area contributed by atoms with Crippen LogP contribution in [0.5, 0.6) is 0 Å². The molecule has 0 unspecified atom stereocenters. The SMILES string of the molecule is Brc1ccc(Sc2ccc(SSc3ccc(Sc4ccc(Br)cc4)cc3)cc2)cc1. The number of hydrogen-bond acceptors (Lipinski definition) is 4. The molecule has 0 fully saturated rings. The van der Waals surface area contributed by atoms with Crippen LogP contribution in [0, 0.1) is 0 Å². The molecule has 0 N–H and O–H groups in total. The van der Waals surface area contributed by atoms with Gasteiger partial charge in [0.1, 0.15) is 0 Å². The highest BCUT2D eigenvalue weighted by Crippen LogP contribution is 2.39. The van der Waals surface area contributed by atoms with Crippen molar-refractivity contribution < 1.29 is 0 Å². The van der Waals surface area contributed by atoms with Crippen molar-refractivity contribution in [2.45, 2.75) is 29.4 Å². The molecule has 0 bridgehead atoms. The molecule has 150 valence electrons. The summed E-state index contributed by atoms with van der Waals surface area (Å²) >= 11 is 10.5. The van der Waals surface area contributed by atoms with Crippen molar-refractivity contribution in [3.63, 3.8) is 0 Å². The van der Waals surface area contributed by atoms with Crippen molar-refractivity contribution in [2.75, 3.05) is 0 Å². The van der Waals surface area contributed by atoms with Gasteiger partial charge in [-0.3, -0.25) is 0 Å². The Morgan fingerprint density at radius 3 is 0.867 bits per heavy atom. The Hall–Kier alpha value is -0.760. The van der Waals surface area contributed by atoms with Gasteiger partial charge in [-0.2, -0.15) is 0 Å². The molecule has 0 saturated heterocycles. The summed E-state index contributed by atoms with van der Waals surface area (Å²) in [6.45, 7) is 0. The summed E-state index contributed by atoms with van der Waals surface area (Å²) < 4.78 is 2.21. The molecule has 6 heteroatoms. The molecule has 4 aromatic rings. The van der Waals surface area contributed by atoms with E-state index in [2.05, 4.69) is 129 Å². The molecule has 0 aromatic heterocycles. The second-order valence-corrected chi connectivity index (χ2v) is 12.6. The van der Waals surface area contributed by atoms with E-state index in [9.17, 15) is 0 Å². The predicted octanol–water partition coefficient (Wildman–Crippen LogP) is 10.3. The summed E-state index contributed by atoms with van der Waals surface area (Å²) in [7, 11) is 3.58. The molecule has 30 heavy (non-hydrogen) atoms. The predicted molar refractivity (Wildman–Crippen MR) is 141 cm³/mol. The second kappa shape index (κ2) is 11.2. The van der Waals surface area contributed by atoms with Crippen LogP contribution in [-0.4, -0.2) is 0 Å². The van der Waals surface area contributed by atoms with E-state index in [0.29, 0.717) is 0 Å². The molecule has 0 nitrogen and oxygen atoms in total. The van der Waals surface area contributed by atoms with Crippen LogP contribution in [0.4, 0.5) is 0 Å². The van der Waals surface area contributed by atoms with Gasteiger partial charge in [-0.15, -0.1) is 0 Å². The zero-order chi connectivity index (χ0) is 20.8. The van der Waals surface area contributed by atoms with Gasteiger partial charge in [0.2, 0.25) is 0 Å². The fourth-order valence-electron chi connectivity index (χ4n) is 2.50. The highest BCUT2D eigenvalue weighted by Gasteiger charge is 2.02. The first-order valence-corrected chi connectivity index (χ1v) is 14.4. The standard InChI is InChI=1S/C24H16Br2S4/c25-17-1-5-19(6-2-17)27-21-9-13-23(14-10-21)29-30-24-15-11-22(12-16-24)28-20-7-3-18(26)4-8-20/h1-16H. The van der Waals surface area contributed by atoms with Crippen molar-refractivity contribution in [2.24, 2.45) is 0 Å². The van der Waals surface area contributed by atoms with Gasteiger partial charge in [0, 0.05) is 38.3 Å². The van der Waals surface area contributed by atoms with E-state index in [-0.39, 0.29) is 0 Å². The maximum atomic E-state index is 3.48. The van der Waals surface area contributed by atoms with E-state index in [0.717, 1.165) is 8.95 Å². The largest absolute Gasteiger partial charge is 0.0901 e. The minimum atomic E-state index is 1.11. The lowest BCUT2D eigenvalue weighted by Crippen LogP contribution is -1.76. The molecule has 0 aliphatic carbocycles. The Morgan fingerprint density at radius 1 is 0.333 bits per heavy atom. The Morgan fingerprint density at radius 2 is 0.567 bits per heavy atom. The summed E-state index contributed by atoms with van der Waals surface area (Å²) in [5.74, 6) is 0. The van der Waals surface area contributed by atoms with Crippen LogP contribution >= 0.6 is 77.0 Å². The smallest absolute Gasteiger partial charge is 0.0187 e. The molecular weight excluding hydrogens is 576 g/mol. The molecule has 0 aliphatic rings. The summed E-state index contributed by atoms with van der Waals surface area (Å²) in [5, 5.41) is 0. The van der Waals surface area contributed by atoms with Crippen LogP contribution in [0.25, 0.3) is 0 Å². The van der Waals surface area contributed by atoms with Gasteiger partial charge >= 0.3 is 0 Å². The molecule has 0 aliphatic heterocycles. The third-order valence-electron chi connectivity index (χ3n) is 3.98. The monoisotopic (exact) mass is 590 g/mol. The van der Waals surface area contributed by atoms with Crippen LogP contribution in [0.15, 0.2) is 135 Å². The number of rotatable bonds is 7. The molecule has 0 radical (unpaired) electrons. The van der Waals surface area contributed by atoms with Crippen molar-refractivity contribution in [3.05, 3.63) is 106 Å². The molecule has 4 aromatic carbocycles. The first-order valence-electron chi connectivity index (χ1n) is 9.05. The van der Waals surface area contributed by atoms with E-state index in [1.165, 1.54) is 29.4 Å². The van der Waals surface area contributed by atoms with E-state index < -0.39 is 0 Å². The quantitative estimate of drug-likeness (QED) is 0.196. The molecular formula is C24H16Br2S4. The van der Waals surface area contributed by atoms with E-state index >= 15 is 0 Å². The molecule has 0 atom stereocenters. The normalized spacial score (nSPS) is 10.9. The first kappa shape index (κ1) is 22.4. The van der Waals surface area contributed by atoms with Crippen molar-refractivity contribution in [1.82, 2.24) is 0 Å². The zero-order valence-electron chi connectivity index (χ0n) is 15.6. The van der Waals surface area contributed by atoms with Gasteiger partial charge in [0.25, 0.3) is 0 Å². The zero-order valence-corrected chi connectivity index (χ0v) is 22.1. The maximum absolute atomic E-state index is 3.48. The topological polar surface area (TPSA) is 0 Å². The Balaban J connectivity index is 1.29. The molecule has 0 heterocycles. The van der Waals surface area contributed by atoms with Crippen molar-refractivity contribution in [3.8, 4) is 0 Å². The highest BCUT2D eigenvalue weighted by molar-refractivity contribution is 9.10. The number of hydrogen-bond donors (Lipinski definition) is 0. The van der Waals surface area contributed by atoms with E-state index in [1.54, 1.807) is 45.1 Å². The average molecular weight is 592 g/mol. The number of benzene rings is 4. The molecule has 0 saturated carbocycles. The Kier molecular flexibility index (Phi) is 8.38. The maximum Gasteiger partial charge on any atom is 0.0187 e. The van der Waals surface area contributed by atoms with Crippen LogP contribution in [0.1, 0.15) is 0 Å². The van der Waals surface area contributed by atoms with Crippen LogP contribution in [0.2, 0.25) is 0 Å². The third-order valence-corrected chi connectivity index (χ3v) is 9.49. The lowest BCUT2D eigenvalue weighted by molar-refractivity contribution is 1.34. The Labute approximate surface area is 210 Å². The van der Waals surface area contributed by atoms with E-state index in [4.69, 9.17) is 0 Å². The van der Waals surface area contributed by atoms with Crippen molar-refractivity contribution >= 4 is 77.0 Å². The van der Waals surface area contributed by atoms with Crippen molar-refractivity contribution in [1.29, 1.82) is 0 Å². The third kappa shape index (κ3) is 6.87. The minimum Gasteiger partial charge on any atom is -0.0901 e. The lowest BCUT2D eigenvalue weighted by atomic mass is 10.4. The Bertz CT molecular complexity index is 987. The van der Waals surface area contributed by atoms with Crippen LogP contribution < -0.4 is 0 Å². The summed E-state index contributed by atoms with van der Waals surface area (Å²) in [4.78, 5) is 7.51. The van der Waals surface area contributed by atoms with Gasteiger partial charge in [0.15, 0.2) is 0 Å². The second-order valence-electron chi connectivity index (χ2n) is 6.22. The van der Waals surface area contributed by atoms with Crippen LogP contribution in [0.3, 0.4) is 0 Å². The number of halogens is 2.